The van der Waals surface area contributed by atoms with Crippen molar-refractivity contribution in [3.05, 3.63) is 75.8 Å². The highest BCUT2D eigenvalue weighted by Gasteiger charge is 2.33. The minimum atomic E-state index is -1.12. The number of esters is 2. The molecule has 2 atom stereocenters. The van der Waals surface area contributed by atoms with Gasteiger partial charge < -0.3 is 14.2 Å². The van der Waals surface area contributed by atoms with Gasteiger partial charge in [0.05, 0.1) is 17.1 Å². The predicted octanol–water partition coefficient (Wildman–Crippen LogP) is 3.35. The Morgan fingerprint density at radius 1 is 1.00 bits per heavy atom. The van der Waals surface area contributed by atoms with Crippen molar-refractivity contribution >= 4 is 17.6 Å². The van der Waals surface area contributed by atoms with E-state index < -0.39 is 29.1 Å². The molecule has 0 saturated carbocycles. The van der Waals surface area contributed by atoms with Gasteiger partial charge in [0, 0.05) is 19.9 Å². The van der Waals surface area contributed by atoms with Crippen LogP contribution in [0, 0.1) is 10.1 Å². The highest BCUT2D eigenvalue weighted by Crippen LogP contribution is 2.32. The van der Waals surface area contributed by atoms with Crippen molar-refractivity contribution in [1.29, 1.82) is 0 Å². The monoisotopic (exact) mass is 387 g/mol. The molecule has 0 N–H and O–H groups in total. The quantitative estimate of drug-likeness (QED) is 0.369. The lowest BCUT2D eigenvalue weighted by atomic mass is 10.0. The van der Waals surface area contributed by atoms with E-state index in [0.29, 0.717) is 0 Å². The third kappa shape index (κ3) is 6.17. The number of benzene rings is 2. The summed E-state index contributed by atoms with van der Waals surface area (Å²) in [5.74, 6) is -1.18. The Bertz CT molecular complexity index is 822. The van der Waals surface area contributed by atoms with Crippen LogP contribution >= 0.6 is 0 Å². The van der Waals surface area contributed by atoms with E-state index in [2.05, 4.69) is 0 Å². The summed E-state index contributed by atoms with van der Waals surface area (Å²) in [4.78, 5) is 33.8. The smallest absolute Gasteiger partial charge is 0.303 e. The van der Waals surface area contributed by atoms with Crippen LogP contribution in [0.1, 0.15) is 31.1 Å². The second kappa shape index (κ2) is 10.2. The molecule has 0 amide bonds. The summed E-state index contributed by atoms with van der Waals surface area (Å²) < 4.78 is 16.3. The number of carbonyl (C=O) groups is 2. The van der Waals surface area contributed by atoms with Crippen molar-refractivity contribution in [1.82, 2.24) is 0 Å². The van der Waals surface area contributed by atoms with E-state index in [-0.39, 0.29) is 24.5 Å². The first-order valence-electron chi connectivity index (χ1n) is 8.58. The SMILES string of the molecule is CC(=O)OC[C@H](OCc1ccccc1)[C@@H](OC(C)=O)c1ccccc1[N+](=O)[O-]. The summed E-state index contributed by atoms with van der Waals surface area (Å²) in [5, 5.41) is 11.4. The molecule has 0 radical (unpaired) electrons. The van der Waals surface area contributed by atoms with Crippen molar-refractivity contribution in [2.45, 2.75) is 32.7 Å². The van der Waals surface area contributed by atoms with Gasteiger partial charge in [-0.05, 0) is 11.6 Å². The van der Waals surface area contributed by atoms with Crippen molar-refractivity contribution in [3.63, 3.8) is 0 Å². The number of hydrogen-bond donors (Lipinski definition) is 0. The van der Waals surface area contributed by atoms with Gasteiger partial charge in [0.25, 0.3) is 5.69 Å². The highest BCUT2D eigenvalue weighted by atomic mass is 16.6. The average molecular weight is 387 g/mol. The van der Waals surface area contributed by atoms with Crippen LogP contribution in [0.2, 0.25) is 0 Å². The lowest BCUT2D eigenvalue weighted by Gasteiger charge is -2.26. The molecule has 0 aliphatic carbocycles. The van der Waals surface area contributed by atoms with E-state index >= 15 is 0 Å². The van der Waals surface area contributed by atoms with E-state index in [1.165, 1.54) is 32.0 Å². The fourth-order valence-electron chi connectivity index (χ4n) is 2.61. The second-order valence-electron chi connectivity index (χ2n) is 5.98. The summed E-state index contributed by atoms with van der Waals surface area (Å²) in [6, 6.07) is 15.1. The van der Waals surface area contributed by atoms with Gasteiger partial charge in [-0.25, -0.2) is 0 Å². The molecule has 2 rings (SSSR count). The Hall–Kier alpha value is -3.26. The molecule has 0 bridgehead atoms. The first-order chi connectivity index (χ1) is 13.4. The maximum Gasteiger partial charge on any atom is 0.303 e. The number of hydrogen-bond acceptors (Lipinski definition) is 7. The summed E-state index contributed by atoms with van der Waals surface area (Å²) in [6.45, 7) is 2.35. The Morgan fingerprint density at radius 3 is 2.25 bits per heavy atom. The standard InChI is InChI=1S/C20H21NO7/c1-14(22)26-13-19(27-12-16-8-4-3-5-9-16)20(28-15(2)23)17-10-6-7-11-18(17)21(24)25/h3-11,19-20H,12-13H2,1-2H3/t19-,20-/m0/s1. The number of para-hydroxylation sites is 1. The first-order valence-corrected chi connectivity index (χ1v) is 8.58. The van der Waals surface area contributed by atoms with E-state index in [1.54, 1.807) is 6.07 Å². The van der Waals surface area contributed by atoms with Gasteiger partial charge in [-0.3, -0.25) is 19.7 Å². The zero-order chi connectivity index (χ0) is 20.5. The predicted molar refractivity (Wildman–Crippen MR) is 99.3 cm³/mol. The molecule has 148 valence electrons. The largest absolute Gasteiger partial charge is 0.463 e. The number of nitrogens with zero attached hydrogens (tertiary/aromatic N) is 1. The zero-order valence-corrected chi connectivity index (χ0v) is 15.6. The third-order valence-corrected chi connectivity index (χ3v) is 3.83. The molecule has 2 aromatic carbocycles. The van der Waals surface area contributed by atoms with Crippen LogP contribution in [0.3, 0.4) is 0 Å². The molecule has 0 spiro atoms. The maximum atomic E-state index is 11.7. The molecule has 0 saturated heterocycles. The zero-order valence-electron chi connectivity index (χ0n) is 15.6. The molecular weight excluding hydrogens is 366 g/mol. The van der Waals surface area contributed by atoms with Gasteiger partial charge in [-0.2, -0.15) is 0 Å². The van der Waals surface area contributed by atoms with E-state index in [1.807, 2.05) is 30.3 Å². The van der Waals surface area contributed by atoms with Crippen molar-refractivity contribution in [2.24, 2.45) is 0 Å². The number of nitro benzene ring substituents is 1. The Balaban J connectivity index is 2.35. The summed E-state index contributed by atoms with van der Waals surface area (Å²) in [7, 11) is 0. The first kappa shape index (κ1) is 21.0. The molecular formula is C20H21NO7. The van der Waals surface area contributed by atoms with Gasteiger partial charge in [0.15, 0.2) is 6.10 Å². The summed E-state index contributed by atoms with van der Waals surface area (Å²) in [6.07, 6.45) is -2.06. The fraction of sp³-hybridized carbons (Fsp3) is 0.300. The normalized spacial score (nSPS) is 12.6. The van der Waals surface area contributed by atoms with Crippen LogP contribution in [0.15, 0.2) is 54.6 Å². The number of rotatable bonds is 9. The van der Waals surface area contributed by atoms with Crippen LogP contribution < -0.4 is 0 Å². The van der Waals surface area contributed by atoms with E-state index in [4.69, 9.17) is 14.2 Å². The molecule has 0 fully saturated rings. The summed E-state index contributed by atoms with van der Waals surface area (Å²) in [5.41, 5.74) is 0.789. The Morgan fingerprint density at radius 2 is 1.64 bits per heavy atom. The van der Waals surface area contributed by atoms with Gasteiger partial charge >= 0.3 is 11.9 Å². The lowest BCUT2D eigenvalue weighted by Crippen LogP contribution is -2.31. The molecule has 2 aromatic rings. The number of carbonyl (C=O) groups excluding carboxylic acids is 2. The molecule has 0 aliphatic rings. The Labute approximate surface area is 162 Å². The maximum absolute atomic E-state index is 11.7. The molecule has 0 aromatic heterocycles. The van der Waals surface area contributed by atoms with Crippen LogP contribution in [0.5, 0.6) is 0 Å². The Kier molecular flexibility index (Phi) is 7.65. The summed E-state index contributed by atoms with van der Waals surface area (Å²) >= 11 is 0. The highest BCUT2D eigenvalue weighted by molar-refractivity contribution is 5.67. The van der Waals surface area contributed by atoms with Gasteiger partial charge in [-0.1, -0.05) is 42.5 Å². The van der Waals surface area contributed by atoms with Crippen molar-refractivity contribution in [3.8, 4) is 0 Å². The lowest BCUT2D eigenvalue weighted by molar-refractivity contribution is -0.386. The van der Waals surface area contributed by atoms with Gasteiger partial charge in [-0.15, -0.1) is 0 Å². The van der Waals surface area contributed by atoms with Gasteiger partial charge in [0.1, 0.15) is 12.7 Å². The topological polar surface area (TPSA) is 105 Å². The van der Waals surface area contributed by atoms with Crippen LogP contribution in [0.25, 0.3) is 0 Å². The molecule has 8 heteroatoms. The number of ether oxygens (including phenoxy) is 3. The van der Waals surface area contributed by atoms with Crippen molar-refractivity contribution in [2.75, 3.05) is 6.61 Å². The van der Waals surface area contributed by atoms with Crippen molar-refractivity contribution < 1.29 is 28.7 Å². The number of nitro groups is 1. The average Bonchev–Trinajstić information content (AvgIpc) is 2.67. The molecule has 0 unspecified atom stereocenters. The fourth-order valence-corrected chi connectivity index (χ4v) is 2.61. The van der Waals surface area contributed by atoms with Crippen LogP contribution in [-0.4, -0.2) is 29.6 Å². The third-order valence-electron chi connectivity index (χ3n) is 3.83. The second-order valence-corrected chi connectivity index (χ2v) is 5.98. The minimum Gasteiger partial charge on any atom is -0.463 e. The van der Waals surface area contributed by atoms with Crippen LogP contribution in [0.4, 0.5) is 5.69 Å². The minimum absolute atomic E-state index is 0.144. The molecule has 0 aliphatic heterocycles. The van der Waals surface area contributed by atoms with Crippen LogP contribution in [-0.2, 0) is 30.4 Å². The molecule has 8 nitrogen and oxygen atoms in total. The van der Waals surface area contributed by atoms with E-state index in [9.17, 15) is 19.7 Å². The van der Waals surface area contributed by atoms with Gasteiger partial charge in [0.2, 0.25) is 0 Å². The van der Waals surface area contributed by atoms with E-state index in [0.717, 1.165) is 5.56 Å². The molecule has 0 heterocycles. The molecule has 28 heavy (non-hydrogen) atoms.